The van der Waals surface area contributed by atoms with Crippen LogP contribution in [0.25, 0.3) is 0 Å². The molecular weight excluding hydrogens is 223 g/mol. The van der Waals surface area contributed by atoms with Gasteiger partial charge in [0, 0.05) is 18.2 Å². The van der Waals surface area contributed by atoms with Crippen molar-refractivity contribution in [3.63, 3.8) is 0 Å². The fraction of sp³-hybridized carbons (Fsp3) is 0.556. The number of nitrogens with two attached hydrogens (primary N) is 1. The maximum atomic E-state index is 11.7. The first-order valence-electron chi connectivity index (χ1n) is 4.61. The van der Waals surface area contributed by atoms with E-state index >= 15 is 0 Å². The van der Waals surface area contributed by atoms with Crippen molar-refractivity contribution in [3.8, 4) is 0 Å². The van der Waals surface area contributed by atoms with Crippen molar-refractivity contribution in [2.24, 2.45) is 0 Å². The van der Waals surface area contributed by atoms with Gasteiger partial charge in [-0.15, -0.1) is 0 Å². The minimum atomic E-state index is -4.30. The topological polar surface area (TPSA) is 61.0 Å². The molecule has 1 heterocycles. The summed E-state index contributed by atoms with van der Waals surface area (Å²) in [5.74, 6) is 0.693. The summed E-state index contributed by atoms with van der Waals surface area (Å²) in [6, 6.07) is 1.58. The van der Waals surface area contributed by atoms with E-state index in [0.717, 1.165) is 0 Å². The zero-order chi connectivity index (χ0) is 12.2. The first kappa shape index (κ1) is 12.7. The highest BCUT2D eigenvalue weighted by atomic mass is 19.4. The van der Waals surface area contributed by atoms with Gasteiger partial charge in [-0.1, -0.05) is 0 Å². The van der Waals surface area contributed by atoms with Crippen LogP contribution in [0.2, 0.25) is 0 Å². The highest BCUT2D eigenvalue weighted by Gasteiger charge is 2.27. The highest BCUT2D eigenvalue weighted by molar-refractivity contribution is 5.29. The number of hydrogen-bond donors (Lipinski definition) is 1. The number of nitrogens with zero attached hydrogens (tertiary/aromatic N) is 2. The minimum absolute atomic E-state index is 0.0809. The Morgan fingerprint density at radius 3 is 2.62 bits per heavy atom. The molecule has 1 aromatic rings. The second-order valence-corrected chi connectivity index (χ2v) is 3.27. The van der Waals surface area contributed by atoms with Gasteiger partial charge in [0.2, 0.25) is 0 Å². The zero-order valence-corrected chi connectivity index (χ0v) is 8.71. The van der Waals surface area contributed by atoms with Crippen molar-refractivity contribution in [2.45, 2.75) is 19.5 Å². The third-order valence-electron chi connectivity index (χ3n) is 1.66. The highest BCUT2D eigenvalue weighted by Crippen LogP contribution is 2.14. The van der Waals surface area contributed by atoms with Crippen LogP contribution in [-0.2, 0) is 11.2 Å². The third-order valence-corrected chi connectivity index (χ3v) is 1.66. The van der Waals surface area contributed by atoms with Gasteiger partial charge in [0.1, 0.15) is 18.2 Å². The van der Waals surface area contributed by atoms with Crippen LogP contribution >= 0.6 is 0 Å². The summed E-state index contributed by atoms with van der Waals surface area (Å²) in [7, 11) is 0. The molecular formula is C9H12F3N3O. The molecule has 0 atom stereocenters. The molecule has 0 saturated heterocycles. The van der Waals surface area contributed by atoms with Gasteiger partial charge >= 0.3 is 6.18 Å². The van der Waals surface area contributed by atoms with Gasteiger partial charge in [0.15, 0.2) is 0 Å². The molecule has 0 spiro atoms. The van der Waals surface area contributed by atoms with Gasteiger partial charge in [-0.3, -0.25) is 0 Å². The lowest BCUT2D eigenvalue weighted by molar-refractivity contribution is -0.173. The van der Waals surface area contributed by atoms with Crippen molar-refractivity contribution in [1.29, 1.82) is 0 Å². The number of aromatic nitrogens is 2. The van der Waals surface area contributed by atoms with Gasteiger partial charge in [-0.2, -0.15) is 13.2 Å². The Hall–Kier alpha value is -1.37. The Morgan fingerprint density at radius 2 is 2.06 bits per heavy atom. The molecule has 0 aliphatic heterocycles. The first-order chi connectivity index (χ1) is 7.37. The van der Waals surface area contributed by atoms with E-state index in [4.69, 9.17) is 5.73 Å². The second kappa shape index (κ2) is 5.11. The molecule has 1 aromatic heterocycles. The SMILES string of the molecule is Cc1cc(N)nc(CCOCC(F)(F)F)n1. The third kappa shape index (κ3) is 4.92. The predicted molar refractivity (Wildman–Crippen MR) is 51.8 cm³/mol. The van der Waals surface area contributed by atoms with E-state index in [1.165, 1.54) is 0 Å². The standard InChI is InChI=1S/C9H12F3N3O/c1-6-4-7(13)15-8(14-6)2-3-16-5-9(10,11)12/h4H,2-3,5H2,1H3,(H2,13,14,15). The number of rotatable bonds is 4. The van der Waals surface area contributed by atoms with Gasteiger partial charge in [-0.05, 0) is 6.92 Å². The van der Waals surface area contributed by atoms with Crippen LogP contribution < -0.4 is 5.73 Å². The number of nitrogen functional groups attached to an aromatic ring is 1. The van der Waals surface area contributed by atoms with Crippen molar-refractivity contribution in [1.82, 2.24) is 9.97 Å². The van der Waals surface area contributed by atoms with E-state index in [1.54, 1.807) is 13.0 Å². The van der Waals surface area contributed by atoms with E-state index in [9.17, 15) is 13.2 Å². The van der Waals surface area contributed by atoms with Crippen LogP contribution in [0, 0.1) is 6.92 Å². The predicted octanol–water partition coefficient (Wildman–Crippen LogP) is 1.49. The van der Waals surface area contributed by atoms with Crippen LogP contribution in [-0.4, -0.2) is 29.4 Å². The normalized spacial score (nSPS) is 11.8. The minimum Gasteiger partial charge on any atom is -0.384 e. The lowest BCUT2D eigenvalue weighted by atomic mass is 10.3. The van der Waals surface area contributed by atoms with Gasteiger partial charge < -0.3 is 10.5 Å². The van der Waals surface area contributed by atoms with Crippen LogP contribution in [0.15, 0.2) is 6.07 Å². The number of alkyl halides is 3. The largest absolute Gasteiger partial charge is 0.411 e. The van der Waals surface area contributed by atoms with E-state index in [1.807, 2.05) is 0 Å². The molecule has 90 valence electrons. The summed E-state index contributed by atoms with van der Waals surface area (Å²) in [4.78, 5) is 7.89. The van der Waals surface area contributed by atoms with Gasteiger partial charge in [0.05, 0.1) is 6.61 Å². The molecule has 0 aromatic carbocycles. The van der Waals surface area contributed by atoms with E-state index in [-0.39, 0.29) is 13.0 Å². The number of anilines is 1. The first-order valence-corrected chi connectivity index (χ1v) is 4.61. The van der Waals surface area contributed by atoms with Crippen molar-refractivity contribution in [3.05, 3.63) is 17.6 Å². The average molecular weight is 235 g/mol. The lowest BCUT2D eigenvalue weighted by Crippen LogP contribution is -2.18. The Morgan fingerprint density at radius 1 is 1.38 bits per heavy atom. The van der Waals surface area contributed by atoms with E-state index < -0.39 is 12.8 Å². The van der Waals surface area contributed by atoms with Crippen LogP contribution in [0.4, 0.5) is 19.0 Å². The number of hydrogen-bond acceptors (Lipinski definition) is 4. The van der Waals surface area contributed by atoms with Crippen molar-refractivity contribution in [2.75, 3.05) is 18.9 Å². The summed E-state index contributed by atoms with van der Waals surface area (Å²) in [5.41, 5.74) is 6.14. The molecule has 0 unspecified atom stereocenters. The second-order valence-electron chi connectivity index (χ2n) is 3.27. The fourth-order valence-corrected chi connectivity index (χ4v) is 1.12. The monoisotopic (exact) mass is 235 g/mol. The van der Waals surface area contributed by atoms with Crippen molar-refractivity contribution < 1.29 is 17.9 Å². The molecule has 0 bridgehead atoms. The molecule has 0 amide bonds. The molecule has 4 nitrogen and oxygen atoms in total. The van der Waals surface area contributed by atoms with Crippen LogP contribution in [0.1, 0.15) is 11.5 Å². The number of ether oxygens (including phenoxy) is 1. The van der Waals surface area contributed by atoms with Crippen LogP contribution in [0.3, 0.4) is 0 Å². The molecule has 0 fully saturated rings. The molecule has 0 aliphatic carbocycles. The summed E-state index contributed by atoms with van der Waals surface area (Å²) in [5, 5.41) is 0. The molecule has 16 heavy (non-hydrogen) atoms. The molecule has 0 saturated carbocycles. The number of aryl methyl sites for hydroxylation is 1. The summed E-state index contributed by atoms with van der Waals surface area (Å²) >= 11 is 0. The maximum absolute atomic E-state index is 11.7. The molecule has 1 rings (SSSR count). The van der Waals surface area contributed by atoms with Gasteiger partial charge in [-0.25, -0.2) is 9.97 Å². The summed E-state index contributed by atoms with van der Waals surface area (Å²) in [6.07, 6.45) is -4.09. The van der Waals surface area contributed by atoms with E-state index in [2.05, 4.69) is 14.7 Å². The Balaban J connectivity index is 2.37. The lowest BCUT2D eigenvalue weighted by Gasteiger charge is -2.07. The molecule has 0 aliphatic rings. The number of halogens is 3. The Bertz CT molecular complexity index is 334. The van der Waals surface area contributed by atoms with Gasteiger partial charge in [0.25, 0.3) is 0 Å². The quantitative estimate of drug-likeness (QED) is 0.803. The van der Waals surface area contributed by atoms with Crippen molar-refractivity contribution >= 4 is 5.82 Å². The summed E-state index contributed by atoms with van der Waals surface area (Å²) in [6.45, 7) is 0.398. The summed E-state index contributed by atoms with van der Waals surface area (Å²) < 4.78 is 39.6. The van der Waals surface area contributed by atoms with Crippen LogP contribution in [0.5, 0.6) is 0 Å². The average Bonchev–Trinajstić information content (AvgIpc) is 2.09. The smallest absolute Gasteiger partial charge is 0.384 e. The Kier molecular flexibility index (Phi) is 4.05. The molecule has 7 heteroatoms. The fourth-order valence-electron chi connectivity index (χ4n) is 1.12. The molecule has 2 N–H and O–H groups in total. The zero-order valence-electron chi connectivity index (χ0n) is 8.71. The van der Waals surface area contributed by atoms with E-state index in [0.29, 0.717) is 17.3 Å². The maximum Gasteiger partial charge on any atom is 0.411 e. The Labute approximate surface area is 90.6 Å². The molecule has 0 radical (unpaired) electrons.